The standard InChI is InChI=1S/C6H12O.C3H8O2/c1-7-6-4-2-3-5-6;1-5-3-2-4/h6H,2-5H2,1H3;4H,2-3H2,1H3. The van der Waals surface area contributed by atoms with E-state index in [1.807, 2.05) is 0 Å². The molecule has 1 aliphatic rings. The Labute approximate surface area is 74.7 Å². The van der Waals surface area contributed by atoms with Crippen LogP contribution >= 0.6 is 0 Å². The molecule has 0 aromatic carbocycles. The molecule has 0 aliphatic heterocycles. The molecule has 1 rings (SSSR count). The van der Waals surface area contributed by atoms with E-state index in [2.05, 4.69) is 4.74 Å². The van der Waals surface area contributed by atoms with Crippen molar-refractivity contribution in [3.63, 3.8) is 0 Å². The van der Waals surface area contributed by atoms with Gasteiger partial charge in [-0.15, -0.1) is 0 Å². The van der Waals surface area contributed by atoms with Crippen molar-refractivity contribution in [2.45, 2.75) is 31.8 Å². The van der Waals surface area contributed by atoms with Gasteiger partial charge in [0.1, 0.15) is 0 Å². The molecule has 74 valence electrons. The summed E-state index contributed by atoms with van der Waals surface area (Å²) in [4.78, 5) is 0. The third-order valence-corrected chi connectivity index (χ3v) is 1.93. The Morgan fingerprint density at radius 1 is 1.25 bits per heavy atom. The number of methoxy groups -OCH3 is 2. The molecule has 0 spiro atoms. The van der Waals surface area contributed by atoms with Crippen LogP contribution in [0.5, 0.6) is 0 Å². The van der Waals surface area contributed by atoms with Gasteiger partial charge >= 0.3 is 0 Å². The van der Waals surface area contributed by atoms with Crippen LogP contribution in [-0.2, 0) is 9.47 Å². The van der Waals surface area contributed by atoms with Crippen LogP contribution in [-0.4, -0.2) is 38.6 Å². The van der Waals surface area contributed by atoms with Crippen LogP contribution < -0.4 is 0 Å². The molecule has 0 atom stereocenters. The lowest BCUT2D eigenvalue weighted by Crippen LogP contribution is -2.01. The van der Waals surface area contributed by atoms with Gasteiger partial charge in [-0.1, -0.05) is 12.8 Å². The molecule has 1 saturated carbocycles. The minimum absolute atomic E-state index is 0.122. The first-order chi connectivity index (χ1) is 5.85. The minimum atomic E-state index is 0.122. The molecule has 3 nitrogen and oxygen atoms in total. The molecule has 0 aromatic rings. The predicted octanol–water partition coefficient (Wildman–Crippen LogP) is 1.20. The highest BCUT2D eigenvalue weighted by atomic mass is 16.5. The summed E-state index contributed by atoms with van der Waals surface area (Å²) >= 11 is 0. The monoisotopic (exact) mass is 176 g/mol. The Balaban J connectivity index is 0.000000217. The van der Waals surface area contributed by atoms with Crippen molar-refractivity contribution in [2.75, 3.05) is 27.4 Å². The van der Waals surface area contributed by atoms with E-state index in [1.54, 1.807) is 14.2 Å². The lowest BCUT2D eigenvalue weighted by atomic mass is 10.3. The maximum atomic E-state index is 7.94. The van der Waals surface area contributed by atoms with Gasteiger partial charge in [0.25, 0.3) is 0 Å². The Hall–Kier alpha value is -0.120. The molecule has 0 heterocycles. The quantitative estimate of drug-likeness (QED) is 0.702. The second-order valence-electron chi connectivity index (χ2n) is 2.86. The van der Waals surface area contributed by atoms with Crippen molar-refractivity contribution in [1.29, 1.82) is 0 Å². The third-order valence-electron chi connectivity index (χ3n) is 1.93. The van der Waals surface area contributed by atoms with Crippen molar-refractivity contribution in [2.24, 2.45) is 0 Å². The molecule has 0 radical (unpaired) electrons. The molecule has 0 aromatic heterocycles. The van der Waals surface area contributed by atoms with E-state index in [1.165, 1.54) is 25.7 Å². The third kappa shape index (κ3) is 6.58. The highest BCUT2D eigenvalue weighted by Gasteiger charge is 2.12. The predicted molar refractivity (Wildman–Crippen MR) is 48.2 cm³/mol. The number of rotatable bonds is 3. The van der Waals surface area contributed by atoms with Gasteiger partial charge in [-0.25, -0.2) is 0 Å². The zero-order valence-corrected chi connectivity index (χ0v) is 8.08. The first-order valence-electron chi connectivity index (χ1n) is 4.47. The largest absolute Gasteiger partial charge is 0.394 e. The van der Waals surface area contributed by atoms with Gasteiger partial charge in [0.15, 0.2) is 0 Å². The van der Waals surface area contributed by atoms with Crippen molar-refractivity contribution in [3.8, 4) is 0 Å². The second-order valence-corrected chi connectivity index (χ2v) is 2.86. The highest BCUT2D eigenvalue weighted by Crippen LogP contribution is 2.19. The lowest BCUT2D eigenvalue weighted by molar-refractivity contribution is 0.109. The highest BCUT2D eigenvalue weighted by molar-refractivity contribution is 4.65. The van der Waals surface area contributed by atoms with Crippen LogP contribution in [0.15, 0.2) is 0 Å². The average Bonchev–Trinajstić information content (AvgIpc) is 2.58. The summed E-state index contributed by atoms with van der Waals surface area (Å²) in [5, 5.41) is 7.94. The number of aliphatic hydroxyl groups excluding tert-OH is 1. The van der Waals surface area contributed by atoms with Gasteiger partial charge in [0, 0.05) is 14.2 Å². The summed E-state index contributed by atoms with van der Waals surface area (Å²) < 4.78 is 9.55. The van der Waals surface area contributed by atoms with Crippen molar-refractivity contribution >= 4 is 0 Å². The van der Waals surface area contributed by atoms with E-state index < -0.39 is 0 Å². The van der Waals surface area contributed by atoms with Gasteiger partial charge in [-0.05, 0) is 12.8 Å². The van der Waals surface area contributed by atoms with Crippen LogP contribution in [0.25, 0.3) is 0 Å². The molecule has 0 saturated heterocycles. The molecule has 12 heavy (non-hydrogen) atoms. The van der Waals surface area contributed by atoms with Crippen LogP contribution in [0.2, 0.25) is 0 Å². The number of aliphatic hydroxyl groups is 1. The molecule has 1 aliphatic carbocycles. The first kappa shape index (κ1) is 11.9. The SMILES string of the molecule is COC1CCCC1.COCCO. The van der Waals surface area contributed by atoms with Crippen molar-refractivity contribution in [3.05, 3.63) is 0 Å². The summed E-state index contributed by atoms with van der Waals surface area (Å²) in [7, 11) is 3.35. The van der Waals surface area contributed by atoms with Crippen LogP contribution in [0.1, 0.15) is 25.7 Å². The molecule has 0 bridgehead atoms. The summed E-state index contributed by atoms with van der Waals surface area (Å²) in [5.74, 6) is 0. The zero-order chi connectivity index (χ0) is 9.23. The molecule has 0 unspecified atom stereocenters. The Morgan fingerprint density at radius 3 is 2.00 bits per heavy atom. The number of hydrogen-bond donors (Lipinski definition) is 1. The Bertz CT molecular complexity index is 77.8. The molecule has 1 fully saturated rings. The van der Waals surface area contributed by atoms with E-state index in [9.17, 15) is 0 Å². The van der Waals surface area contributed by atoms with Gasteiger partial charge < -0.3 is 14.6 Å². The zero-order valence-electron chi connectivity index (χ0n) is 8.08. The van der Waals surface area contributed by atoms with E-state index in [-0.39, 0.29) is 6.61 Å². The van der Waals surface area contributed by atoms with Crippen molar-refractivity contribution < 1.29 is 14.6 Å². The lowest BCUT2D eigenvalue weighted by Gasteiger charge is -2.02. The van der Waals surface area contributed by atoms with Crippen molar-refractivity contribution in [1.82, 2.24) is 0 Å². The summed E-state index contributed by atoms with van der Waals surface area (Å²) in [5.41, 5.74) is 0. The smallest absolute Gasteiger partial charge is 0.0693 e. The summed E-state index contributed by atoms with van der Waals surface area (Å²) in [6.07, 6.45) is 5.92. The maximum Gasteiger partial charge on any atom is 0.0693 e. The minimum Gasteiger partial charge on any atom is -0.394 e. The molecular formula is C9H20O3. The van der Waals surface area contributed by atoms with Gasteiger partial charge in [-0.3, -0.25) is 0 Å². The van der Waals surface area contributed by atoms with E-state index in [0.29, 0.717) is 12.7 Å². The van der Waals surface area contributed by atoms with E-state index in [0.717, 1.165) is 0 Å². The summed E-state index contributed by atoms with van der Waals surface area (Å²) in [6, 6.07) is 0. The fraction of sp³-hybridized carbons (Fsp3) is 1.00. The number of ether oxygens (including phenoxy) is 2. The van der Waals surface area contributed by atoms with Crippen LogP contribution in [0.3, 0.4) is 0 Å². The number of hydrogen-bond acceptors (Lipinski definition) is 3. The fourth-order valence-corrected chi connectivity index (χ4v) is 1.22. The molecule has 1 N–H and O–H groups in total. The van der Waals surface area contributed by atoms with Gasteiger partial charge in [0.05, 0.1) is 19.3 Å². The van der Waals surface area contributed by atoms with Gasteiger partial charge in [0.2, 0.25) is 0 Å². The van der Waals surface area contributed by atoms with Crippen LogP contribution in [0, 0.1) is 0 Å². The normalized spacial score (nSPS) is 17.2. The van der Waals surface area contributed by atoms with Gasteiger partial charge in [-0.2, -0.15) is 0 Å². The van der Waals surface area contributed by atoms with E-state index in [4.69, 9.17) is 9.84 Å². The molecular weight excluding hydrogens is 156 g/mol. The first-order valence-corrected chi connectivity index (χ1v) is 4.47. The van der Waals surface area contributed by atoms with E-state index >= 15 is 0 Å². The molecule has 0 amide bonds. The Morgan fingerprint density at radius 2 is 1.83 bits per heavy atom. The van der Waals surface area contributed by atoms with Crippen LogP contribution in [0.4, 0.5) is 0 Å². The summed E-state index contributed by atoms with van der Waals surface area (Å²) in [6.45, 7) is 0.566. The Kier molecular flexibility index (Phi) is 8.88. The second kappa shape index (κ2) is 8.97. The fourth-order valence-electron chi connectivity index (χ4n) is 1.22. The molecule has 3 heteroatoms. The topological polar surface area (TPSA) is 38.7 Å². The maximum absolute atomic E-state index is 7.94. The average molecular weight is 176 g/mol.